The van der Waals surface area contributed by atoms with E-state index in [2.05, 4.69) is 15.4 Å². The lowest BCUT2D eigenvalue weighted by Gasteiger charge is -2.22. The smallest absolute Gasteiger partial charge is 0.387 e. The van der Waals surface area contributed by atoms with E-state index >= 15 is 0 Å². The molecule has 1 heterocycles. The van der Waals surface area contributed by atoms with Crippen molar-refractivity contribution < 1.29 is 18.3 Å². The van der Waals surface area contributed by atoms with Crippen LogP contribution in [0.15, 0.2) is 18.2 Å². The number of carbonyl (C=O) groups excluding carboxylic acids is 1. The fraction of sp³-hybridized carbons (Fsp3) is 0.462. The van der Waals surface area contributed by atoms with Gasteiger partial charge in [-0.2, -0.15) is 8.78 Å². The second kappa shape index (κ2) is 6.85. The average Bonchev–Trinajstić information content (AvgIpc) is 2.42. The van der Waals surface area contributed by atoms with E-state index in [-0.39, 0.29) is 22.7 Å². The van der Waals surface area contributed by atoms with Gasteiger partial charge in [-0.05, 0) is 37.6 Å². The lowest BCUT2D eigenvalue weighted by molar-refractivity contribution is -0.118. The molecular weight excluding hydrogens is 290 g/mol. The largest absolute Gasteiger partial charge is 0.433 e. The number of hydrogen-bond acceptors (Lipinski definition) is 3. The van der Waals surface area contributed by atoms with Gasteiger partial charge in [-0.15, -0.1) is 0 Å². The summed E-state index contributed by atoms with van der Waals surface area (Å²) >= 11 is 5.82. The number of amides is 1. The Morgan fingerprint density at radius 2 is 2.25 bits per heavy atom. The van der Waals surface area contributed by atoms with Crippen molar-refractivity contribution in [2.75, 3.05) is 11.9 Å². The maximum atomic E-state index is 12.1. The van der Waals surface area contributed by atoms with E-state index in [1.165, 1.54) is 18.2 Å². The van der Waals surface area contributed by atoms with Crippen LogP contribution in [-0.2, 0) is 4.79 Å². The number of anilines is 1. The molecule has 20 heavy (non-hydrogen) atoms. The standard InChI is InChI=1S/C13H15ClF2N2O2/c14-9-7-8(4-5-11(9)20-13(15)16)18-12(19)10-3-1-2-6-17-10/h4-5,7,10,13,17H,1-3,6H2,(H,18,19)/t10-/m0/s1. The third kappa shape index (κ3) is 4.05. The number of ether oxygens (including phenoxy) is 1. The molecule has 1 fully saturated rings. The van der Waals surface area contributed by atoms with Crippen molar-refractivity contribution in [1.29, 1.82) is 0 Å². The molecule has 1 aliphatic heterocycles. The van der Waals surface area contributed by atoms with E-state index in [1.54, 1.807) is 0 Å². The summed E-state index contributed by atoms with van der Waals surface area (Å²) < 4.78 is 28.4. The Morgan fingerprint density at radius 1 is 1.45 bits per heavy atom. The van der Waals surface area contributed by atoms with Crippen molar-refractivity contribution in [3.63, 3.8) is 0 Å². The Labute approximate surface area is 120 Å². The van der Waals surface area contributed by atoms with E-state index in [9.17, 15) is 13.6 Å². The molecule has 0 bridgehead atoms. The number of hydrogen-bond donors (Lipinski definition) is 2. The number of carbonyl (C=O) groups is 1. The highest BCUT2D eigenvalue weighted by atomic mass is 35.5. The Morgan fingerprint density at radius 3 is 2.85 bits per heavy atom. The van der Waals surface area contributed by atoms with Crippen LogP contribution >= 0.6 is 11.6 Å². The molecule has 2 rings (SSSR count). The van der Waals surface area contributed by atoms with E-state index in [0.717, 1.165) is 25.8 Å². The van der Waals surface area contributed by atoms with E-state index in [1.807, 2.05) is 0 Å². The van der Waals surface area contributed by atoms with Crippen LogP contribution in [0, 0.1) is 0 Å². The van der Waals surface area contributed by atoms with E-state index in [4.69, 9.17) is 11.6 Å². The minimum absolute atomic E-state index is 0.0275. The minimum Gasteiger partial charge on any atom is -0.433 e. The highest BCUT2D eigenvalue weighted by Crippen LogP contribution is 2.29. The van der Waals surface area contributed by atoms with E-state index in [0.29, 0.717) is 5.69 Å². The molecular formula is C13H15ClF2N2O2. The predicted octanol–water partition coefficient (Wildman–Crippen LogP) is 3.02. The molecule has 0 aromatic heterocycles. The number of halogens is 3. The molecule has 1 amide bonds. The summed E-state index contributed by atoms with van der Waals surface area (Å²) in [6.07, 6.45) is 2.86. The summed E-state index contributed by atoms with van der Waals surface area (Å²) in [5, 5.41) is 5.85. The van der Waals surface area contributed by atoms with Gasteiger partial charge in [0.2, 0.25) is 5.91 Å². The second-order valence-electron chi connectivity index (χ2n) is 4.52. The summed E-state index contributed by atoms with van der Waals surface area (Å²) in [5.74, 6) is -0.265. The number of piperidine rings is 1. The monoisotopic (exact) mass is 304 g/mol. The molecule has 7 heteroatoms. The van der Waals surface area contributed by atoms with Crippen LogP contribution in [0.4, 0.5) is 14.5 Å². The molecule has 0 spiro atoms. The molecule has 0 unspecified atom stereocenters. The summed E-state index contributed by atoms with van der Waals surface area (Å²) in [6, 6.07) is 3.95. The highest BCUT2D eigenvalue weighted by molar-refractivity contribution is 6.32. The van der Waals surface area contributed by atoms with Crippen molar-refractivity contribution >= 4 is 23.2 Å². The summed E-state index contributed by atoms with van der Waals surface area (Å²) in [6.45, 7) is -2.11. The Balaban J connectivity index is 1.99. The average molecular weight is 305 g/mol. The molecule has 0 saturated carbocycles. The maximum absolute atomic E-state index is 12.1. The first-order chi connectivity index (χ1) is 9.56. The van der Waals surface area contributed by atoms with Crippen LogP contribution in [0.2, 0.25) is 5.02 Å². The van der Waals surface area contributed by atoms with Gasteiger partial charge in [0.1, 0.15) is 5.75 Å². The van der Waals surface area contributed by atoms with Crippen molar-refractivity contribution in [3.8, 4) is 5.75 Å². The fourth-order valence-electron chi connectivity index (χ4n) is 2.08. The summed E-state index contributed by atoms with van der Waals surface area (Å²) in [4.78, 5) is 12.0. The molecule has 1 aromatic rings. The molecule has 0 aliphatic carbocycles. The van der Waals surface area contributed by atoms with E-state index < -0.39 is 6.61 Å². The Kier molecular flexibility index (Phi) is 5.14. The minimum atomic E-state index is -2.93. The highest BCUT2D eigenvalue weighted by Gasteiger charge is 2.20. The van der Waals surface area contributed by atoms with Crippen molar-refractivity contribution in [2.45, 2.75) is 31.9 Å². The number of benzene rings is 1. The van der Waals surface area contributed by atoms with Crippen LogP contribution in [0.5, 0.6) is 5.75 Å². The van der Waals surface area contributed by atoms with Gasteiger partial charge in [-0.25, -0.2) is 0 Å². The zero-order valence-electron chi connectivity index (χ0n) is 10.7. The van der Waals surface area contributed by atoms with Crippen molar-refractivity contribution in [1.82, 2.24) is 5.32 Å². The van der Waals surface area contributed by atoms with Gasteiger partial charge >= 0.3 is 6.61 Å². The van der Waals surface area contributed by atoms with Gasteiger partial charge in [0.25, 0.3) is 0 Å². The van der Waals surface area contributed by atoms with Crippen LogP contribution in [0.3, 0.4) is 0 Å². The van der Waals surface area contributed by atoms with Crippen LogP contribution in [0.25, 0.3) is 0 Å². The normalized spacial score (nSPS) is 18.9. The third-order valence-electron chi connectivity index (χ3n) is 3.04. The van der Waals surface area contributed by atoms with Gasteiger partial charge in [0, 0.05) is 5.69 Å². The topological polar surface area (TPSA) is 50.4 Å². The van der Waals surface area contributed by atoms with Gasteiger partial charge in [-0.1, -0.05) is 18.0 Å². The Hall–Kier alpha value is -1.40. The third-order valence-corrected chi connectivity index (χ3v) is 3.34. The SMILES string of the molecule is O=C(Nc1ccc(OC(F)F)c(Cl)c1)[C@@H]1CCCCN1. The zero-order valence-corrected chi connectivity index (χ0v) is 11.4. The first kappa shape index (κ1) is 15.0. The Bertz CT molecular complexity index is 479. The molecule has 110 valence electrons. The number of nitrogens with one attached hydrogen (secondary N) is 2. The first-order valence-electron chi connectivity index (χ1n) is 6.35. The van der Waals surface area contributed by atoms with Crippen molar-refractivity contribution in [3.05, 3.63) is 23.2 Å². The fourth-order valence-corrected chi connectivity index (χ4v) is 2.30. The molecule has 1 saturated heterocycles. The first-order valence-corrected chi connectivity index (χ1v) is 6.72. The number of alkyl halides is 2. The maximum Gasteiger partial charge on any atom is 0.387 e. The molecule has 0 radical (unpaired) electrons. The van der Waals surface area contributed by atoms with Gasteiger partial charge in [0.05, 0.1) is 11.1 Å². The van der Waals surface area contributed by atoms with Crippen molar-refractivity contribution in [2.24, 2.45) is 0 Å². The summed E-state index contributed by atoms with van der Waals surface area (Å²) in [5.41, 5.74) is 0.453. The van der Waals surface area contributed by atoms with Crippen LogP contribution < -0.4 is 15.4 Å². The quantitative estimate of drug-likeness (QED) is 0.899. The predicted molar refractivity (Wildman–Crippen MR) is 72.4 cm³/mol. The summed E-state index contributed by atoms with van der Waals surface area (Å²) in [7, 11) is 0. The van der Waals surface area contributed by atoms with Crippen LogP contribution in [0.1, 0.15) is 19.3 Å². The molecule has 4 nitrogen and oxygen atoms in total. The molecule has 1 aromatic carbocycles. The van der Waals surface area contributed by atoms with Gasteiger partial charge in [-0.3, -0.25) is 4.79 Å². The van der Waals surface area contributed by atoms with Crippen LogP contribution in [-0.4, -0.2) is 25.1 Å². The van der Waals surface area contributed by atoms with Gasteiger partial charge < -0.3 is 15.4 Å². The molecule has 1 aliphatic rings. The molecule has 1 atom stereocenters. The lowest BCUT2D eigenvalue weighted by atomic mass is 10.0. The lowest BCUT2D eigenvalue weighted by Crippen LogP contribution is -2.43. The van der Waals surface area contributed by atoms with Gasteiger partial charge in [0.15, 0.2) is 0 Å². The number of rotatable bonds is 4. The second-order valence-corrected chi connectivity index (χ2v) is 4.92. The molecule has 2 N–H and O–H groups in total. The zero-order chi connectivity index (χ0) is 14.5.